The molecule has 2 nitrogen and oxygen atoms in total. The van der Waals surface area contributed by atoms with E-state index in [0.717, 1.165) is 22.1 Å². The fourth-order valence-electron chi connectivity index (χ4n) is 2.17. The van der Waals surface area contributed by atoms with Crippen LogP contribution in [-0.4, -0.2) is 5.78 Å². The van der Waals surface area contributed by atoms with E-state index < -0.39 is 0 Å². The summed E-state index contributed by atoms with van der Waals surface area (Å²) in [6.45, 7) is 9.92. The van der Waals surface area contributed by atoms with Crippen molar-refractivity contribution in [1.29, 1.82) is 0 Å². The van der Waals surface area contributed by atoms with Crippen molar-refractivity contribution in [2.45, 2.75) is 40.0 Å². The molecule has 0 amide bonds. The molecule has 2 heteroatoms. The zero-order chi connectivity index (χ0) is 12.8. The van der Waals surface area contributed by atoms with Gasteiger partial charge in [-0.15, -0.1) is 0 Å². The van der Waals surface area contributed by atoms with Crippen molar-refractivity contribution in [3.05, 3.63) is 35.1 Å². The summed E-state index contributed by atoms with van der Waals surface area (Å²) < 4.78 is 5.77. The molecule has 0 saturated heterocycles. The van der Waals surface area contributed by atoms with Gasteiger partial charge in [0.05, 0.1) is 0 Å². The van der Waals surface area contributed by atoms with Gasteiger partial charge >= 0.3 is 0 Å². The van der Waals surface area contributed by atoms with Crippen LogP contribution >= 0.6 is 0 Å². The minimum absolute atomic E-state index is 0.0118. The monoisotopic (exact) mass is 230 g/mol. The second-order valence-corrected chi connectivity index (χ2v) is 5.54. The first-order valence-electron chi connectivity index (χ1n) is 5.86. The summed E-state index contributed by atoms with van der Waals surface area (Å²) >= 11 is 0. The third-order valence-corrected chi connectivity index (χ3v) is 3.09. The molecule has 0 saturated carbocycles. The lowest BCUT2D eigenvalue weighted by atomic mass is 9.86. The Morgan fingerprint density at radius 1 is 1.24 bits per heavy atom. The Labute approximate surface area is 102 Å². The van der Waals surface area contributed by atoms with Crippen molar-refractivity contribution in [2.24, 2.45) is 0 Å². The van der Waals surface area contributed by atoms with Crippen LogP contribution in [0.25, 0.3) is 11.0 Å². The number of Topliss-reactive ketones (excluding diaryl/α,β-unsaturated/α-hetero) is 1. The van der Waals surface area contributed by atoms with Crippen LogP contribution in [-0.2, 0) is 5.41 Å². The smallest absolute Gasteiger partial charge is 0.195 e. The van der Waals surface area contributed by atoms with E-state index in [-0.39, 0.29) is 11.2 Å². The molecule has 17 heavy (non-hydrogen) atoms. The maximum atomic E-state index is 11.5. The average Bonchev–Trinajstić information content (AvgIpc) is 2.55. The van der Waals surface area contributed by atoms with Crippen molar-refractivity contribution in [3.63, 3.8) is 0 Å². The molecule has 1 aromatic carbocycles. The van der Waals surface area contributed by atoms with Gasteiger partial charge in [-0.2, -0.15) is 0 Å². The predicted octanol–water partition coefficient (Wildman–Crippen LogP) is 4.24. The zero-order valence-corrected chi connectivity index (χ0v) is 11.0. The molecule has 1 aromatic heterocycles. The molecule has 2 aromatic rings. The van der Waals surface area contributed by atoms with Gasteiger partial charge in [-0.3, -0.25) is 4.79 Å². The molecule has 2 rings (SSSR count). The Kier molecular flexibility index (Phi) is 2.61. The molecule has 0 spiro atoms. The lowest BCUT2D eigenvalue weighted by molar-refractivity contribution is 0.0988. The van der Waals surface area contributed by atoms with Gasteiger partial charge in [-0.1, -0.05) is 39.0 Å². The van der Waals surface area contributed by atoms with Gasteiger partial charge in [0, 0.05) is 23.4 Å². The Hall–Kier alpha value is -1.57. The summed E-state index contributed by atoms with van der Waals surface area (Å²) in [4.78, 5) is 11.5. The summed E-state index contributed by atoms with van der Waals surface area (Å²) in [5, 5.41) is 1.04. The highest BCUT2D eigenvalue weighted by Gasteiger charge is 2.22. The van der Waals surface area contributed by atoms with Gasteiger partial charge in [0.1, 0.15) is 5.58 Å². The van der Waals surface area contributed by atoms with Crippen LogP contribution in [0.1, 0.15) is 49.4 Å². The van der Waals surface area contributed by atoms with Gasteiger partial charge in [-0.25, -0.2) is 0 Å². The Morgan fingerprint density at radius 2 is 1.88 bits per heavy atom. The lowest BCUT2D eigenvalue weighted by Crippen LogP contribution is -2.11. The largest absolute Gasteiger partial charge is 0.452 e. The fourth-order valence-corrected chi connectivity index (χ4v) is 2.17. The van der Waals surface area contributed by atoms with Gasteiger partial charge < -0.3 is 4.42 Å². The lowest BCUT2D eigenvalue weighted by Gasteiger charge is -2.18. The Bertz CT molecular complexity index is 583. The summed E-state index contributed by atoms with van der Waals surface area (Å²) in [5.74, 6) is 0.468. The first-order valence-corrected chi connectivity index (χ1v) is 5.86. The molecule has 0 unspecified atom stereocenters. The summed E-state index contributed by atoms with van der Waals surface area (Å²) in [5.41, 5.74) is 2.95. The van der Waals surface area contributed by atoms with Crippen LogP contribution in [0.4, 0.5) is 0 Å². The summed E-state index contributed by atoms with van der Waals surface area (Å²) in [7, 11) is 0. The standard InChI is InChI=1S/C15H18O2/c1-9-11-7-6-8-12(15(3,4)5)14(11)17-13(9)10(2)16/h6-8H,1-5H3. The van der Waals surface area contributed by atoms with Crippen LogP contribution in [0.2, 0.25) is 0 Å². The molecule has 0 aliphatic heterocycles. The van der Waals surface area contributed by atoms with E-state index >= 15 is 0 Å². The molecule has 0 bridgehead atoms. The number of benzene rings is 1. The average molecular weight is 230 g/mol. The van der Waals surface area contributed by atoms with E-state index in [9.17, 15) is 4.79 Å². The number of hydrogen-bond donors (Lipinski definition) is 0. The zero-order valence-electron chi connectivity index (χ0n) is 11.0. The molecule has 0 radical (unpaired) electrons. The van der Waals surface area contributed by atoms with Gasteiger partial charge in [0.15, 0.2) is 11.5 Å². The molecule has 1 heterocycles. The van der Waals surface area contributed by atoms with Gasteiger partial charge in [-0.05, 0) is 12.3 Å². The van der Waals surface area contributed by atoms with Crippen LogP contribution < -0.4 is 0 Å². The van der Waals surface area contributed by atoms with Crippen molar-refractivity contribution in [1.82, 2.24) is 0 Å². The minimum Gasteiger partial charge on any atom is -0.452 e. The van der Waals surface area contributed by atoms with Crippen molar-refractivity contribution >= 4 is 16.8 Å². The quantitative estimate of drug-likeness (QED) is 0.686. The third-order valence-electron chi connectivity index (χ3n) is 3.09. The molecule has 0 fully saturated rings. The number of carbonyl (C=O) groups excluding carboxylic acids is 1. The second kappa shape index (κ2) is 3.73. The van der Waals surface area contributed by atoms with Crippen LogP contribution in [0.15, 0.2) is 22.6 Å². The predicted molar refractivity (Wildman–Crippen MR) is 69.7 cm³/mol. The number of carbonyl (C=O) groups is 1. The molecule has 0 N–H and O–H groups in total. The van der Waals surface area contributed by atoms with Crippen molar-refractivity contribution in [3.8, 4) is 0 Å². The third kappa shape index (κ3) is 1.88. The number of furan rings is 1. The molecule has 0 atom stereocenters. The molecule has 0 aliphatic carbocycles. The number of ketones is 1. The summed E-state index contributed by atoms with van der Waals surface area (Å²) in [6.07, 6.45) is 0. The Morgan fingerprint density at radius 3 is 2.41 bits per heavy atom. The number of aryl methyl sites for hydroxylation is 1. The van der Waals surface area contributed by atoms with Crippen LogP contribution in [0.5, 0.6) is 0 Å². The topological polar surface area (TPSA) is 30.2 Å². The minimum atomic E-state index is -0.0152. The molecular weight excluding hydrogens is 212 g/mol. The van der Waals surface area contributed by atoms with E-state index in [0.29, 0.717) is 5.76 Å². The fraction of sp³-hybridized carbons (Fsp3) is 0.400. The number of hydrogen-bond acceptors (Lipinski definition) is 2. The van der Waals surface area contributed by atoms with E-state index in [1.54, 1.807) is 6.92 Å². The van der Waals surface area contributed by atoms with E-state index in [2.05, 4.69) is 26.8 Å². The number of rotatable bonds is 1. The van der Waals surface area contributed by atoms with Crippen LogP contribution in [0, 0.1) is 6.92 Å². The SMILES string of the molecule is CC(=O)c1oc2c(C(C)(C)C)cccc2c1C. The first-order chi connectivity index (χ1) is 7.82. The maximum Gasteiger partial charge on any atom is 0.195 e. The highest BCUT2D eigenvalue weighted by atomic mass is 16.3. The molecule has 90 valence electrons. The van der Waals surface area contributed by atoms with Crippen LogP contribution in [0.3, 0.4) is 0 Å². The Balaban J connectivity index is 2.83. The van der Waals surface area contributed by atoms with Gasteiger partial charge in [0.25, 0.3) is 0 Å². The number of para-hydroxylation sites is 1. The highest BCUT2D eigenvalue weighted by Crippen LogP contribution is 2.34. The van der Waals surface area contributed by atoms with Crippen molar-refractivity contribution in [2.75, 3.05) is 0 Å². The van der Waals surface area contributed by atoms with E-state index in [1.165, 1.54) is 0 Å². The molecule has 0 aliphatic rings. The van der Waals surface area contributed by atoms with E-state index in [1.807, 2.05) is 19.1 Å². The van der Waals surface area contributed by atoms with Crippen molar-refractivity contribution < 1.29 is 9.21 Å². The first kappa shape index (κ1) is 11.9. The second-order valence-electron chi connectivity index (χ2n) is 5.54. The number of fused-ring (bicyclic) bond motifs is 1. The maximum absolute atomic E-state index is 11.5. The normalized spacial score (nSPS) is 12.1. The van der Waals surface area contributed by atoms with Gasteiger partial charge in [0.2, 0.25) is 0 Å². The van der Waals surface area contributed by atoms with E-state index in [4.69, 9.17) is 4.42 Å². The summed E-state index contributed by atoms with van der Waals surface area (Å²) in [6, 6.07) is 6.10. The molecular formula is C15H18O2. The highest BCUT2D eigenvalue weighted by molar-refractivity contribution is 5.99.